The van der Waals surface area contributed by atoms with Crippen molar-refractivity contribution in [3.8, 4) is 11.5 Å². The van der Waals surface area contributed by atoms with E-state index in [2.05, 4.69) is 5.32 Å². The third-order valence-electron chi connectivity index (χ3n) is 4.16. The van der Waals surface area contributed by atoms with E-state index in [0.717, 1.165) is 21.7 Å². The molecule has 0 aliphatic carbocycles. The third kappa shape index (κ3) is 5.55. The zero-order valence-electron chi connectivity index (χ0n) is 15.3. The van der Waals surface area contributed by atoms with Crippen molar-refractivity contribution in [2.24, 2.45) is 0 Å². The lowest BCUT2D eigenvalue weighted by molar-refractivity contribution is 0.284. The molecule has 0 aromatic heterocycles. The van der Waals surface area contributed by atoms with E-state index in [1.165, 1.54) is 0 Å². The van der Waals surface area contributed by atoms with Crippen LogP contribution in [0.5, 0.6) is 11.5 Å². The lowest BCUT2D eigenvalue weighted by Crippen LogP contribution is -2.13. The van der Waals surface area contributed by atoms with Gasteiger partial charge in [0, 0.05) is 23.1 Å². The van der Waals surface area contributed by atoms with Crippen LogP contribution < -0.4 is 14.8 Å². The van der Waals surface area contributed by atoms with Gasteiger partial charge in [0.25, 0.3) is 0 Å². The molecule has 0 unspecified atom stereocenters. The molecule has 0 radical (unpaired) electrons. The molecular weight excluding hydrogens is 417 g/mol. The fraction of sp³-hybridized carbons (Fsp3) is 0.182. The predicted molar refractivity (Wildman–Crippen MR) is 116 cm³/mol. The Balaban J connectivity index is 1.66. The topological polar surface area (TPSA) is 30.5 Å². The normalized spacial score (nSPS) is 10.7. The second-order valence-electron chi connectivity index (χ2n) is 6.22. The Bertz CT molecular complexity index is 947. The van der Waals surface area contributed by atoms with Gasteiger partial charge in [0.2, 0.25) is 0 Å². The second-order valence-corrected chi connectivity index (χ2v) is 7.47. The van der Waals surface area contributed by atoms with Gasteiger partial charge in [-0.1, -0.05) is 65.1 Å². The Morgan fingerprint density at radius 2 is 1.64 bits per heavy atom. The summed E-state index contributed by atoms with van der Waals surface area (Å²) < 4.78 is 11.4. The maximum absolute atomic E-state index is 6.45. The minimum Gasteiger partial charge on any atom is -0.493 e. The molecule has 0 atom stereocenters. The largest absolute Gasteiger partial charge is 0.493 e. The van der Waals surface area contributed by atoms with Crippen molar-refractivity contribution >= 4 is 34.8 Å². The first-order chi connectivity index (χ1) is 13.6. The van der Waals surface area contributed by atoms with Crippen molar-refractivity contribution in [3.05, 3.63) is 92.4 Å². The first kappa shape index (κ1) is 20.8. The summed E-state index contributed by atoms with van der Waals surface area (Å²) in [6, 6.07) is 19.0. The Kier molecular flexibility index (Phi) is 7.46. The monoisotopic (exact) mass is 435 g/mol. The Labute approximate surface area is 180 Å². The molecule has 6 heteroatoms. The number of rotatable bonds is 8. The highest BCUT2D eigenvalue weighted by molar-refractivity contribution is 6.32. The molecule has 1 N–H and O–H groups in total. The molecule has 28 heavy (non-hydrogen) atoms. The van der Waals surface area contributed by atoms with Crippen molar-refractivity contribution in [1.29, 1.82) is 0 Å². The van der Waals surface area contributed by atoms with Gasteiger partial charge < -0.3 is 14.8 Å². The van der Waals surface area contributed by atoms with Crippen molar-refractivity contribution in [2.75, 3.05) is 7.11 Å². The van der Waals surface area contributed by atoms with Crippen molar-refractivity contribution in [2.45, 2.75) is 19.7 Å². The van der Waals surface area contributed by atoms with Gasteiger partial charge in [-0.3, -0.25) is 0 Å². The minimum absolute atomic E-state index is 0.348. The van der Waals surface area contributed by atoms with Crippen molar-refractivity contribution < 1.29 is 9.47 Å². The second kappa shape index (κ2) is 10.0. The minimum atomic E-state index is 0.348. The quantitative estimate of drug-likeness (QED) is 0.436. The summed E-state index contributed by atoms with van der Waals surface area (Å²) in [5.41, 5.74) is 2.99. The molecule has 3 aromatic rings. The average molecular weight is 437 g/mol. The predicted octanol–water partition coefficient (Wildman–Crippen LogP) is 6.52. The number of hydrogen-bond donors (Lipinski definition) is 1. The lowest BCUT2D eigenvalue weighted by Gasteiger charge is -2.15. The number of benzene rings is 3. The number of ether oxygens (including phenoxy) is 2. The van der Waals surface area contributed by atoms with Gasteiger partial charge in [0.05, 0.1) is 12.1 Å². The standard InChI is InChI=1S/C22H20Cl3NO2/c1-27-21-11-16(12-26-13-17-6-2-3-8-19(17)24)10-20(25)22(21)28-14-15-5-4-7-18(23)9-15/h2-11,26H,12-14H2,1H3. The molecule has 3 rings (SSSR count). The number of nitrogens with one attached hydrogen (secondary N) is 1. The lowest BCUT2D eigenvalue weighted by atomic mass is 10.1. The van der Waals surface area contributed by atoms with Gasteiger partial charge in [0.1, 0.15) is 6.61 Å². The molecule has 3 nitrogen and oxygen atoms in total. The van der Waals surface area contributed by atoms with Gasteiger partial charge in [-0.25, -0.2) is 0 Å². The summed E-state index contributed by atoms with van der Waals surface area (Å²) in [4.78, 5) is 0. The fourth-order valence-electron chi connectivity index (χ4n) is 2.78. The van der Waals surface area contributed by atoms with Gasteiger partial charge in [0.15, 0.2) is 11.5 Å². The third-order valence-corrected chi connectivity index (χ3v) is 5.05. The first-order valence-electron chi connectivity index (χ1n) is 8.74. The molecule has 3 aromatic carbocycles. The van der Waals surface area contributed by atoms with E-state index < -0.39 is 0 Å². The summed E-state index contributed by atoms with van der Waals surface area (Å²) in [7, 11) is 1.60. The van der Waals surface area contributed by atoms with Crippen LogP contribution in [0.4, 0.5) is 0 Å². The van der Waals surface area contributed by atoms with Crippen LogP contribution in [0.1, 0.15) is 16.7 Å². The van der Waals surface area contributed by atoms with Crippen LogP contribution in [0.25, 0.3) is 0 Å². The van der Waals surface area contributed by atoms with E-state index in [1.807, 2.05) is 60.7 Å². The first-order valence-corrected chi connectivity index (χ1v) is 9.88. The summed E-state index contributed by atoms with van der Waals surface area (Å²) in [6.07, 6.45) is 0. The molecule has 0 saturated heterocycles. The van der Waals surface area contributed by atoms with E-state index >= 15 is 0 Å². The van der Waals surface area contributed by atoms with Crippen molar-refractivity contribution in [3.63, 3.8) is 0 Å². The molecule has 0 aliphatic rings. The van der Waals surface area contributed by atoms with Gasteiger partial charge >= 0.3 is 0 Å². The summed E-state index contributed by atoms with van der Waals surface area (Å²) in [6.45, 7) is 1.63. The summed E-state index contributed by atoms with van der Waals surface area (Å²) in [5, 5.41) is 5.27. The Morgan fingerprint density at radius 1 is 0.821 bits per heavy atom. The van der Waals surface area contributed by atoms with Gasteiger partial charge in [-0.2, -0.15) is 0 Å². The van der Waals surface area contributed by atoms with Crippen LogP contribution in [-0.4, -0.2) is 7.11 Å². The zero-order valence-corrected chi connectivity index (χ0v) is 17.6. The van der Waals surface area contributed by atoms with Crippen LogP contribution in [0.15, 0.2) is 60.7 Å². The van der Waals surface area contributed by atoms with Gasteiger partial charge in [-0.05, 0) is 47.0 Å². The van der Waals surface area contributed by atoms with E-state index in [4.69, 9.17) is 44.3 Å². The Morgan fingerprint density at radius 3 is 2.39 bits per heavy atom. The van der Waals surface area contributed by atoms with Gasteiger partial charge in [-0.15, -0.1) is 0 Å². The van der Waals surface area contributed by atoms with Crippen LogP contribution in [0.2, 0.25) is 15.1 Å². The number of halogens is 3. The molecule has 146 valence electrons. The number of methoxy groups -OCH3 is 1. The van der Waals surface area contributed by atoms with Crippen LogP contribution >= 0.6 is 34.8 Å². The summed E-state index contributed by atoms with van der Waals surface area (Å²) in [5.74, 6) is 1.10. The highest BCUT2D eigenvalue weighted by atomic mass is 35.5. The molecule has 0 bridgehead atoms. The van der Waals surface area contributed by atoms with Crippen LogP contribution in [-0.2, 0) is 19.7 Å². The van der Waals surface area contributed by atoms with E-state index in [0.29, 0.717) is 41.2 Å². The average Bonchev–Trinajstić information content (AvgIpc) is 2.68. The molecule has 0 saturated carbocycles. The summed E-state index contributed by atoms with van der Waals surface area (Å²) >= 11 is 18.7. The molecule has 0 aliphatic heterocycles. The van der Waals surface area contributed by atoms with E-state index in [1.54, 1.807) is 7.11 Å². The maximum atomic E-state index is 6.45. The molecule has 0 heterocycles. The van der Waals surface area contributed by atoms with E-state index in [9.17, 15) is 0 Å². The highest BCUT2D eigenvalue weighted by Gasteiger charge is 2.13. The Hall–Kier alpha value is -1.91. The highest BCUT2D eigenvalue weighted by Crippen LogP contribution is 2.37. The molecule has 0 spiro atoms. The van der Waals surface area contributed by atoms with Crippen LogP contribution in [0, 0.1) is 0 Å². The van der Waals surface area contributed by atoms with E-state index in [-0.39, 0.29) is 0 Å². The van der Waals surface area contributed by atoms with Crippen LogP contribution in [0.3, 0.4) is 0 Å². The fourth-order valence-corrected chi connectivity index (χ4v) is 3.48. The molecule has 0 amide bonds. The van der Waals surface area contributed by atoms with Crippen molar-refractivity contribution in [1.82, 2.24) is 5.32 Å². The molecule has 0 fully saturated rings. The zero-order chi connectivity index (χ0) is 19.9. The SMILES string of the molecule is COc1cc(CNCc2ccccc2Cl)cc(Cl)c1OCc1cccc(Cl)c1. The molecular formula is C22H20Cl3NO2. The number of hydrogen-bond acceptors (Lipinski definition) is 3. The maximum Gasteiger partial charge on any atom is 0.180 e. The smallest absolute Gasteiger partial charge is 0.180 e.